The lowest BCUT2D eigenvalue weighted by Crippen LogP contribution is -2.43. The van der Waals surface area contributed by atoms with Crippen LogP contribution in [0.2, 0.25) is 0 Å². The summed E-state index contributed by atoms with van der Waals surface area (Å²) < 4.78 is 0. The van der Waals surface area contributed by atoms with Crippen molar-refractivity contribution >= 4 is 22.5 Å². The molecule has 0 radical (unpaired) electrons. The lowest BCUT2D eigenvalue weighted by Gasteiger charge is -2.29. The van der Waals surface area contributed by atoms with Gasteiger partial charge in [0.1, 0.15) is 0 Å². The van der Waals surface area contributed by atoms with E-state index >= 15 is 0 Å². The van der Waals surface area contributed by atoms with Gasteiger partial charge in [0, 0.05) is 30.2 Å². The zero-order chi connectivity index (χ0) is 15.6. The number of H-pyrrole nitrogens is 1. The molecule has 1 heterocycles. The fourth-order valence-electron chi connectivity index (χ4n) is 2.61. The first-order chi connectivity index (χ1) is 9.93. The number of nitrogens with two attached hydrogens (primary N) is 1. The number of nitrogens with zero attached hydrogens (tertiary/aromatic N) is 3. The van der Waals surface area contributed by atoms with E-state index in [2.05, 4.69) is 15.1 Å². The first-order valence-electron chi connectivity index (χ1n) is 7.13. The van der Waals surface area contributed by atoms with Crippen LogP contribution in [0.5, 0.6) is 0 Å². The Labute approximate surface area is 124 Å². The molecule has 1 unspecified atom stereocenters. The van der Waals surface area contributed by atoms with Crippen molar-refractivity contribution in [3.8, 4) is 0 Å². The third kappa shape index (κ3) is 3.16. The zero-order valence-corrected chi connectivity index (χ0v) is 13.1. The first kappa shape index (κ1) is 15.3. The molecule has 0 saturated heterocycles. The minimum Gasteiger partial charge on any atom is -0.399 e. The van der Waals surface area contributed by atoms with Crippen LogP contribution in [0.3, 0.4) is 0 Å². The highest BCUT2D eigenvalue weighted by atomic mass is 16.2. The third-order valence-corrected chi connectivity index (χ3v) is 3.55. The molecule has 0 spiro atoms. The van der Waals surface area contributed by atoms with Gasteiger partial charge >= 0.3 is 0 Å². The maximum absolute atomic E-state index is 12.8. The molecule has 2 aromatic rings. The van der Waals surface area contributed by atoms with E-state index < -0.39 is 0 Å². The van der Waals surface area contributed by atoms with Gasteiger partial charge in [-0.15, -0.1) is 0 Å². The molecule has 1 aromatic carbocycles. The van der Waals surface area contributed by atoms with Crippen LogP contribution in [-0.4, -0.2) is 59.1 Å². The van der Waals surface area contributed by atoms with Gasteiger partial charge in [0.2, 0.25) is 0 Å². The Kier molecular flexibility index (Phi) is 4.47. The van der Waals surface area contributed by atoms with Crippen molar-refractivity contribution in [3.63, 3.8) is 0 Å². The van der Waals surface area contributed by atoms with Crippen LogP contribution in [0.15, 0.2) is 18.2 Å². The number of rotatable bonds is 5. The lowest BCUT2D eigenvalue weighted by molar-refractivity contribution is 0.0675. The van der Waals surface area contributed by atoms with Crippen LogP contribution in [0.1, 0.15) is 24.3 Å². The molecular weight excluding hydrogens is 266 g/mol. The smallest absolute Gasteiger partial charge is 0.275 e. The quantitative estimate of drug-likeness (QED) is 0.819. The van der Waals surface area contributed by atoms with Gasteiger partial charge in [0.05, 0.1) is 5.52 Å². The van der Waals surface area contributed by atoms with Gasteiger partial charge < -0.3 is 15.5 Å². The summed E-state index contributed by atoms with van der Waals surface area (Å²) in [7, 11) is 4.00. The molecule has 0 aliphatic rings. The minimum atomic E-state index is -0.0660. The summed E-state index contributed by atoms with van der Waals surface area (Å²) in [4.78, 5) is 16.7. The number of benzene rings is 1. The summed E-state index contributed by atoms with van der Waals surface area (Å²) >= 11 is 0. The average Bonchev–Trinajstić information content (AvgIpc) is 2.81. The van der Waals surface area contributed by atoms with Gasteiger partial charge in [-0.25, -0.2) is 0 Å². The number of anilines is 1. The molecule has 0 aliphatic carbocycles. The number of carbonyl (C=O) groups is 1. The fourth-order valence-corrected chi connectivity index (χ4v) is 2.61. The lowest BCUT2D eigenvalue weighted by atomic mass is 10.1. The van der Waals surface area contributed by atoms with Crippen LogP contribution < -0.4 is 5.73 Å². The molecule has 1 atom stereocenters. The van der Waals surface area contributed by atoms with Gasteiger partial charge in [-0.2, -0.15) is 5.10 Å². The molecular formula is C15H23N5O. The van der Waals surface area contributed by atoms with Gasteiger partial charge in [0.15, 0.2) is 5.69 Å². The number of fused-ring (bicyclic) bond motifs is 1. The fraction of sp³-hybridized carbons (Fsp3) is 0.467. The summed E-state index contributed by atoms with van der Waals surface area (Å²) in [5.74, 6) is -0.0660. The van der Waals surface area contributed by atoms with Crippen LogP contribution >= 0.6 is 0 Å². The number of aromatic amines is 1. The Morgan fingerprint density at radius 2 is 2.14 bits per heavy atom. The molecule has 0 aliphatic heterocycles. The van der Waals surface area contributed by atoms with Gasteiger partial charge in [-0.3, -0.25) is 9.89 Å². The Bertz CT molecular complexity index is 634. The van der Waals surface area contributed by atoms with E-state index in [1.54, 1.807) is 12.1 Å². The predicted octanol–water partition coefficient (Wildman–Crippen LogP) is 1.56. The minimum absolute atomic E-state index is 0.0660. The van der Waals surface area contributed by atoms with E-state index in [4.69, 9.17) is 5.73 Å². The van der Waals surface area contributed by atoms with E-state index in [1.165, 1.54) is 0 Å². The normalized spacial score (nSPS) is 12.8. The maximum atomic E-state index is 12.8. The molecule has 6 heteroatoms. The molecule has 3 N–H and O–H groups in total. The van der Waals surface area contributed by atoms with E-state index in [-0.39, 0.29) is 11.9 Å². The van der Waals surface area contributed by atoms with Crippen molar-refractivity contribution in [1.82, 2.24) is 20.0 Å². The summed E-state index contributed by atoms with van der Waals surface area (Å²) in [6.45, 7) is 5.48. The van der Waals surface area contributed by atoms with Crippen LogP contribution in [0.25, 0.3) is 10.9 Å². The molecule has 1 amide bonds. The van der Waals surface area contributed by atoms with E-state index in [9.17, 15) is 4.79 Å². The molecule has 114 valence electrons. The number of amides is 1. The number of hydrogen-bond donors (Lipinski definition) is 2. The number of aromatic nitrogens is 2. The largest absolute Gasteiger partial charge is 0.399 e. The van der Waals surface area contributed by atoms with Crippen molar-refractivity contribution in [2.24, 2.45) is 0 Å². The number of carbonyl (C=O) groups excluding carboxylic acids is 1. The number of likely N-dealkylation sites (N-methyl/N-ethyl adjacent to an activating group) is 2. The second-order valence-electron chi connectivity index (χ2n) is 5.58. The number of hydrogen-bond acceptors (Lipinski definition) is 4. The number of nitrogen functional groups attached to an aromatic ring is 1. The van der Waals surface area contributed by atoms with Crippen LogP contribution in [-0.2, 0) is 0 Å². The number of nitrogens with one attached hydrogen (secondary N) is 1. The van der Waals surface area contributed by atoms with Crippen molar-refractivity contribution in [2.75, 3.05) is 32.9 Å². The molecule has 0 fully saturated rings. The van der Waals surface area contributed by atoms with Gasteiger partial charge in [0.25, 0.3) is 5.91 Å². The topological polar surface area (TPSA) is 78.2 Å². The van der Waals surface area contributed by atoms with E-state index in [1.807, 2.05) is 38.9 Å². The highest BCUT2D eigenvalue weighted by Gasteiger charge is 2.24. The molecule has 6 nitrogen and oxygen atoms in total. The average molecular weight is 289 g/mol. The monoisotopic (exact) mass is 289 g/mol. The van der Waals surface area contributed by atoms with Crippen LogP contribution in [0.4, 0.5) is 5.69 Å². The van der Waals surface area contributed by atoms with Gasteiger partial charge in [-0.1, -0.05) is 0 Å². The van der Waals surface area contributed by atoms with Crippen molar-refractivity contribution in [1.29, 1.82) is 0 Å². The SMILES string of the molecule is CCN(C(=O)c1n[nH]c2ccc(N)cc12)C(C)CN(C)C. The Hall–Kier alpha value is -2.08. The maximum Gasteiger partial charge on any atom is 0.275 e. The third-order valence-electron chi connectivity index (χ3n) is 3.55. The second kappa shape index (κ2) is 6.13. The highest BCUT2D eigenvalue weighted by Crippen LogP contribution is 2.21. The second-order valence-corrected chi connectivity index (χ2v) is 5.58. The van der Waals surface area contributed by atoms with Crippen LogP contribution in [0, 0.1) is 0 Å². The summed E-state index contributed by atoms with van der Waals surface area (Å²) in [6, 6.07) is 5.54. The predicted molar refractivity (Wildman–Crippen MR) is 85.2 cm³/mol. The molecule has 21 heavy (non-hydrogen) atoms. The van der Waals surface area contributed by atoms with Crippen molar-refractivity contribution < 1.29 is 4.79 Å². The summed E-state index contributed by atoms with van der Waals surface area (Å²) in [5, 5.41) is 7.85. The molecule has 1 aromatic heterocycles. The molecule has 0 saturated carbocycles. The van der Waals surface area contributed by atoms with E-state index in [0.717, 1.165) is 17.4 Å². The summed E-state index contributed by atoms with van der Waals surface area (Å²) in [6.07, 6.45) is 0. The van der Waals surface area contributed by atoms with Gasteiger partial charge in [-0.05, 0) is 46.1 Å². The standard InChI is InChI=1S/C15H23N5O/c1-5-20(10(2)9-19(3)4)15(21)14-12-8-11(16)6-7-13(12)17-18-14/h6-8,10H,5,9,16H2,1-4H3,(H,17,18). The van der Waals surface area contributed by atoms with Crippen molar-refractivity contribution in [2.45, 2.75) is 19.9 Å². The molecule has 0 bridgehead atoms. The van der Waals surface area contributed by atoms with E-state index in [0.29, 0.717) is 17.9 Å². The highest BCUT2D eigenvalue weighted by molar-refractivity contribution is 6.05. The zero-order valence-electron chi connectivity index (χ0n) is 13.1. The summed E-state index contributed by atoms with van der Waals surface area (Å²) in [5.41, 5.74) is 7.70. The Morgan fingerprint density at radius 3 is 2.76 bits per heavy atom. The Morgan fingerprint density at radius 1 is 1.43 bits per heavy atom. The first-order valence-corrected chi connectivity index (χ1v) is 7.13. The van der Waals surface area contributed by atoms with Crippen molar-refractivity contribution in [3.05, 3.63) is 23.9 Å². The Balaban J connectivity index is 2.33. The molecule has 2 rings (SSSR count).